The first-order valence-corrected chi connectivity index (χ1v) is 9.23. The third-order valence-corrected chi connectivity index (χ3v) is 5.29. The SMILES string of the molecule is CCc1nc(I)c2n1CCNC2CCc1ccc(C(F)(F)F)cc1F. The first-order valence-electron chi connectivity index (χ1n) is 8.15. The molecule has 25 heavy (non-hydrogen) atoms. The van der Waals surface area contributed by atoms with Gasteiger partial charge in [-0.3, -0.25) is 0 Å². The van der Waals surface area contributed by atoms with Crippen LogP contribution < -0.4 is 5.32 Å². The van der Waals surface area contributed by atoms with Gasteiger partial charge in [0, 0.05) is 19.5 Å². The van der Waals surface area contributed by atoms with Crippen LogP contribution in [0, 0.1) is 9.52 Å². The van der Waals surface area contributed by atoms with Crippen LogP contribution in [0.25, 0.3) is 0 Å². The van der Waals surface area contributed by atoms with Crippen LogP contribution in [0.1, 0.15) is 42.0 Å². The van der Waals surface area contributed by atoms with Gasteiger partial charge in [0.25, 0.3) is 0 Å². The van der Waals surface area contributed by atoms with Gasteiger partial charge in [0.05, 0.1) is 17.3 Å². The van der Waals surface area contributed by atoms with Crippen LogP contribution in [0.3, 0.4) is 0 Å². The van der Waals surface area contributed by atoms with Crippen molar-refractivity contribution in [3.05, 3.63) is 50.4 Å². The first kappa shape index (κ1) is 18.6. The molecule has 1 aromatic heterocycles. The maximum Gasteiger partial charge on any atom is 0.416 e. The number of rotatable bonds is 4. The van der Waals surface area contributed by atoms with Crippen molar-refractivity contribution >= 4 is 22.6 Å². The highest BCUT2D eigenvalue weighted by Crippen LogP contribution is 2.32. The fourth-order valence-corrected chi connectivity index (χ4v) is 4.19. The van der Waals surface area contributed by atoms with Crippen LogP contribution in [-0.4, -0.2) is 16.1 Å². The third-order valence-electron chi connectivity index (χ3n) is 4.50. The van der Waals surface area contributed by atoms with Crippen molar-refractivity contribution in [3.63, 3.8) is 0 Å². The van der Waals surface area contributed by atoms with E-state index >= 15 is 0 Å². The Kier molecular flexibility index (Phi) is 5.38. The van der Waals surface area contributed by atoms with E-state index in [9.17, 15) is 17.6 Å². The van der Waals surface area contributed by atoms with Gasteiger partial charge in [-0.1, -0.05) is 13.0 Å². The monoisotopic (exact) mass is 467 g/mol. The largest absolute Gasteiger partial charge is 0.416 e. The number of nitrogens with one attached hydrogen (secondary N) is 1. The van der Waals surface area contributed by atoms with Crippen LogP contribution in [0.5, 0.6) is 0 Å². The molecule has 0 saturated carbocycles. The molecule has 1 aliphatic heterocycles. The van der Waals surface area contributed by atoms with Crippen molar-refractivity contribution in [3.8, 4) is 0 Å². The Labute approximate surface area is 157 Å². The molecule has 8 heteroatoms. The van der Waals surface area contributed by atoms with Gasteiger partial charge in [0.1, 0.15) is 15.3 Å². The topological polar surface area (TPSA) is 29.9 Å². The second-order valence-corrected chi connectivity index (χ2v) is 7.08. The normalized spacial score (nSPS) is 17.6. The molecule has 3 rings (SSSR count). The van der Waals surface area contributed by atoms with Crippen molar-refractivity contribution in [2.75, 3.05) is 6.54 Å². The number of fused-ring (bicyclic) bond motifs is 1. The number of hydrogen-bond donors (Lipinski definition) is 1. The molecule has 1 atom stereocenters. The Morgan fingerprint density at radius 3 is 2.76 bits per heavy atom. The lowest BCUT2D eigenvalue weighted by Gasteiger charge is -2.27. The lowest BCUT2D eigenvalue weighted by molar-refractivity contribution is -0.137. The molecule has 0 radical (unpaired) electrons. The Hall–Kier alpha value is -1.16. The number of benzene rings is 1. The second-order valence-electron chi connectivity index (χ2n) is 6.06. The van der Waals surface area contributed by atoms with E-state index < -0.39 is 17.6 Å². The summed E-state index contributed by atoms with van der Waals surface area (Å²) in [6, 6.07) is 2.78. The molecule has 0 fully saturated rings. The summed E-state index contributed by atoms with van der Waals surface area (Å²) in [5.74, 6) is 0.231. The average Bonchev–Trinajstić information content (AvgIpc) is 2.90. The van der Waals surface area contributed by atoms with Gasteiger partial charge in [-0.15, -0.1) is 0 Å². The van der Waals surface area contributed by atoms with E-state index in [4.69, 9.17) is 0 Å². The molecule has 0 amide bonds. The Morgan fingerprint density at radius 2 is 2.12 bits per heavy atom. The second kappa shape index (κ2) is 7.22. The maximum atomic E-state index is 14.0. The van der Waals surface area contributed by atoms with Gasteiger partial charge in [-0.05, 0) is 53.1 Å². The Bertz CT molecular complexity index is 770. The quantitative estimate of drug-likeness (QED) is 0.531. The molecule has 1 aliphatic rings. The first-order chi connectivity index (χ1) is 11.8. The number of nitrogens with zero attached hydrogens (tertiary/aromatic N) is 2. The van der Waals surface area contributed by atoms with Crippen molar-refractivity contribution < 1.29 is 17.6 Å². The molecule has 1 N–H and O–H groups in total. The Balaban J connectivity index is 1.77. The highest BCUT2D eigenvalue weighted by Gasteiger charge is 2.31. The summed E-state index contributed by atoms with van der Waals surface area (Å²) in [6.07, 6.45) is -2.71. The van der Waals surface area contributed by atoms with E-state index in [0.29, 0.717) is 24.5 Å². The number of alkyl halides is 3. The summed E-state index contributed by atoms with van der Waals surface area (Å²) < 4.78 is 55.1. The highest BCUT2D eigenvalue weighted by atomic mass is 127. The molecule has 2 heterocycles. The molecule has 0 bridgehead atoms. The molecular weight excluding hydrogens is 449 g/mol. The molecule has 2 aromatic rings. The third kappa shape index (κ3) is 3.84. The van der Waals surface area contributed by atoms with Gasteiger partial charge >= 0.3 is 6.18 Å². The number of hydrogen-bond acceptors (Lipinski definition) is 2. The average molecular weight is 467 g/mol. The highest BCUT2D eigenvalue weighted by molar-refractivity contribution is 14.1. The predicted octanol–water partition coefficient (Wildman–Crippen LogP) is 4.49. The minimum absolute atomic E-state index is 0.0233. The lowest BCUT2D eigenvalue weighted by Crippen LogP contribution is -2.34. The molecule has 3 nitrogen and oxygen atoms in total. The molecule has 1 aromatic carbocycles. The standard InChI is InChI=1S/C17H18F4IN3/c1-2-14-24-16(22)15-13(23-7-8-25(14)15)6-4-10-3-5-11(9-12(10)18)17(19,20)21/h3,5,9,13,23H,2,4,6-8H2,1H3. The Morgan fingerprint density at radius 1 is 1.36 bits per heavy atom. The van der Waals surface area contributed by atoms with Crippen LogP contribution in [0.15, 0.2) is 18.2 Å². The molecule has 0 spiro atoms. The molecular formula is C17H18F4IN3. The van der Waals surface area contributed by atoms with E-state index in [0.717, 1.165) is 40.8 Å². The van der Waals surface area contributed by atoms with E-state index in [-0.39, 0.29) is 6.04 Å². The summed E-state index contributed by atoms with van der Waals surface area (Å²) in [6.45, 7) is 3.70. The fourth-order valence-electron chi connectivity index (χ4n) is 3.24. The lowest BCUT2D eigenvalue weighted by atomic mass is 10.0. The zero-order valence-electron chi connectivity index (χ0n) is 13.6. The van der Waals surface area contributed by atoms with Crippen molar-refractivity contribution in [2.24, 2.45) is 0 Å². The zero-order chi connectivity index (χ0) is 18.2. The van der Waals surface area contributed by atoms with E-state index in [1.807, 2.05) is 0 Å². The minimum Gasteiger partial charge on any atom is -0.328 e. The summed E-state index contributed by atoms with van der Waals surface area (Å²) in [5.41, 5.74) is 0.443. The van der Waals surface area contributed by atoms with E-state index in [2.05, 4.69) is 44.4 Å². The minimum atomic E-state index is -4.52. The summed E-state index contributed by atoms with van der Waals surface area (Å²) >= 11 is 2.21. The van der Waals surface area contributed by atoms with E-state index in [1.54, 1.807) is 0 Å². The number of imidazole rings is 1. The van der Waals surface area contributed by atoms with Crippen LogP contribution in [0.4, 0.5) is 17.6 Å². The summed E-state index contributed by atoms with van der Waals surface area (Å²) in [5, 5.41) is 3.41. The van der Waals surface area contributed by atoms with Crippen LogP contribution >= 0.6 is 22.6 Å². The number of halogens is 5. The van der Waals surface area contributed by atoms with Crippen molar-refractivity contribution in [2.45, 2.75) is 44.9 Å². The van der Waals surface area contributed by atoms with Crippen LogP contribution in [0.2, 0.25) is 0 Å². The van der Waals surface area contributed by atoms with E-state index in [1.165, 1.54) is 6.07 Å². The van der Waals surface area contributed by atoms with Gasteiger partial charge in [-0.2, -0.15) is 13.2 Å². The molecule has 0 aliphatic carbocycles. The summed E-state index contributed by atoms with van der Waals surface area (Å²) in [7, 11) is 0. The van der Waals surface area contributed by atoms with Crippen LogP contribution in [-0.2, 0) is 25.6 Å². The number of aryl methyl sites for hydroxylation is 2. The molecule has 1 unspecified atom stereocenters. The number of aromatic nitrogens is 2. The smallest absolute Gasteiger partial charge is 0.328 e. The van der Waals surface area contributed by atoms with Gasteiger partial charge in [0.15, 0.2) is 0 Å². The van der Waals surface area contributed by atoms with Crippen molar-refractivity contribution in [1.82, 2.24) is 14.9 Å². The maximum absolute atomic E-state index is 14.0. The van der Waals surface area contributed by atoms with Crippen molar-refractivity contribution in [1.29, 1.82) is 0 Å². The fraction of sp³-hybridized carbons (Fsp3) is 0.471. The van der Waals surface area contributed by atoms with Gasteiger partial charge < -0.3 is 9.88 Å². The predicted molar refractivity (Wildman–Crippen MR) is 94.8 cm³/mol. The molecule has 136 valence electrons. The molecule has 0 saturated heterocycles. The summed E-state index contributed by atoms with van der Waals surface area (Å²) in [4.78, 5) is 4.58. The zero-order valence-corrected chi connectivity index (χ0v) is 15.8. The van der Waals surface area contributed by atoms with Gasteiger partial charge in [-0.25, -0.2) is 9.37 Å². The van der Waals surface area contributed by atoms with Gasteiger partial charge in [0.2, 0.25) is 0 Å².